The molecule has 1 atom stereocenters. The van der Waals surface area contributed by atoms with E-state index in [2.05, 4.69) is 0 Å². The van der Waals surface area contributed by atoms with Crippen LogP contribution in [-0.2, 0) is 10.3 Å². The van der Waals surface area contributed by atoms with Crippen LogP contribution in [0, 0.1) is 13.8 Å². The fourth-order valence-electron chi connectivity index (χ4n) is 2.06. The van der Waals surface area contributed by atoms with Gasteiger partial charge < -0.3 is 14.6 Å². The first-order valence-corrected chi connectivity index (χ1v) is 6.10. The van der Waals surface area contributed by atoms with Crippen LogP contribution >= 0.6 is 0 Å². The van der Waals surface area contributed by atoms with E-state index in [9.17, 15) is 5.11 Å². The van der Waals surface area contributed by atoms with Crippen molar-refractivity contribution in [1.29, 1.82) is 0 Å². The third-order valence-corrected chi connectivity index (χ3v) is 3.95. The Morgan fingerprint density at radius 1 is 1.00 bits per heavy atom. The van der Waals surface area contributed by atoms with E-state index in [0.717, 1.165) is 22.4 Å². The lowest BCUT2D eigenvalue weighted by Gasteiger charge is -2.40. The van der Waals surface area contributed by atoms with Crippen LogP contribution in [0.4, 0.5) is 0 Å². The van der Waals surface area contributed by atoms with E-state index in [-0.39, 0.29) is 0 Å². The highest BCUT2D eigenvalue weighted by molar-refractivity contribution is 5.44. The van der Waals surface area contributed by atoms with Gasteiger partial charge >= 0.3 is 0 Å². The summed E-state index contributed by atoms with van der Waals surface area (Å²) in [6.07, 6.45) is 0. The average Bonchev–Trinajstić information content (AvgIpc) is 2.31. The molecule has 0 aliphatic carbocycles. The fourth-order valence-corrected chi connectivity index (χ4v) is 2.06. The van der Waals surface area contributed by atoms with Crippen molar-refractivity contribution in [3.63, 3.8) is 0 Å². The van der Waals surface area contributed by atoms with Gasteiger partial charge in [0, 0.05) is 7.11 Å². The van der Waals surface area contributed by atoms with E-state index < -0.39 is 11.2 Å². The van der Waals surface area contributed by atoms with Crippen LogP contribution in [0.5, 0.6) is 5.75 Å². The van der Waals surface area contributed by atoms with Crippen molar-refractivity contribution < 1.29 is 14.6 Å². The summed E-state index contributed by atoms with van der Waals surface area (Å²) in [5, 5.41) is 10.8. The molecule has 3 heteroatoms. The number of methoxy groups -OCH3 is 2. The zero-order chi connectivity index (χ0) is 14.1. The molecule has 1 aromatic rings. The van der Waals surface area contributed by atoms with Gasteiger partial charge in [-0.2, -0.15) is 0 Å². The Labute approximate surface area is 110 Å². The quantitative estimate of drug-likeness (QED) is 0.895. The first kappa shape index (κ1) is 15.0. The maximum absolute atomic E-state index is 10.8. The molecule has 0 aliphatic rings. The second-order valence-corrected chi connectivity index (χ2v) is 5.42. The van der Waals surface area contributed by atoms with Gasteiger partial charge in [0.15, 0.2) is 0 Å². The highest BCUT2D eigenvalue weighted by Crippen LogP contribution is 2.38. The van der Waals surface area contributed by atoms with Crippen LogP contribution in [0.25, 0.3) is 0 Å². The van der Waals surface area contributed by atoms with Crippen molar-refractivity contribution in [3.8, 4) is 5.75 Å². The molecule has 0 bridgehead atoms. The summed E-state index contributed by atoms with van der Waals surface area (Å²) in [6.45, 7) is 9.48. The van der Waals surface area contributed by atoms with E-state index in [1.54, 1.807) is 21.1 Å². The number of hydrogen-bond donors (Lipinski definition) is 1. The molecule has 1 aromatic carbocycles. The number of ether oxygens (including phenoxy) is 2. The molecule has 102 valence electrons. The van der Waals surface area contributed by atoms with E-state index >= 15 is 0 Å². The second-order valence-electron chi connectivity index (χ2n) is 5.42. The van der Waals surface area contributed by atoms with E-state index in [4.69, 9.17) is 9.47 Å². The Kier molecular flexibility index (Phi) is 4.08. The highest BCUT2D eigenvalue weighted by Gasteiger charge is 2.42. The van der Waals surface area contributed by atoms with Crippen LogP contribution in [0.3, 0.4) is 0 Å². The summed E-state index contributed by atoms with van der Waals surface area (Å²) in [6, 6.07) is 3.92. The molecule has 1 N–H and O–H groups in total. The molecule has 1 rings (SSSR count). The van der Waals surface area contributed by atoms with E-state index in [1.807, 2.05) is 39.8 Å². The average molecular weight is 252 g/mol. The summed E-state index contributed by atoms with van der Waals surface area (Å²) < 4.78 is 10.7. The highest BCUT2D eigenvalue weighted by atomic mass is 16.5. The van der Waals surface area contributed by atoms with E-state index in [1.165, 1.54) is 0 Å². The fraction of sp³-hybridized carbons (Fsp3) is 0.600. The molecule has 0 saturated carbocycles. The second kappa shape index (κ2) is 4.90. The van der Waals surface area contributed by atoms with Gasteiger partial charge in [-0.05, 0) is 63.4 Å². The molecular formula is C15H24O3. The van der Waals surface area contributed by atoms with Crippen molar-refractivity contribution in [2.24, 2.45) is 0 Å². The maximum Gasteiger partial charge on any atom is 0.122 e. The monoisotopic (exact) mass is 252 g/mol. The molecule has 18 heavy (non-hydrogen) atoms. The minimum absolute atomic E-state index is 0.668. The molecular weight excluding hydrogens is 228 g/mol. The normalized spacial score (nSPS) is 15.3. The third kappa shape index (κ3) is 2.38. The zero-order valence-electron chi connectivity index (χ0n) is 12.4. The van der Waals surface area contributed by atoms with Crippen LogP contribution in [0.15, 0.2) is 12.1 Å². The molecule has 1 unspecified atom stereocenters. The van der Waals surface area contributed by atoms with Crippen molar-refractivity contribution in [1.82, 2.24) is 0 Å². The van der Waals surface area contributed by atoms with Crippen LogP contribution in [-0.4, -0.2) is 24.9 Å². The lowest BCUT2D eigenvalue weighted by atomic mass is 9.79. The van der Waals surface area contributed by atoms with Crippen molar-refractivity contribution in [2.75, 3.05) is 14.2 Å². The van der Waals surface area contributed by atoms with Gasteiger partial charge in [0.2, 0.25) is 0 Å². The lowest BCUT2D eigenvalue weighted by molar-refractivity contribution is -0.145. The zero-order valence-corrected chi connectivity index (χ0v) is 12.4. The SMILES string of the molecule is COc1cc(C)c(C(C)(O)C(C)(C)OC)cc1C. The topological polar surface area (TPSA) is 38.7 Å². The van der Waals surface area contributed by atoms with Crippen molar-refractivity contribution >= 4 is 0 Å². The number of aliphatic hydroxyl groups is 1. The Morgan fingerprint density at radius 3 is 2.00 bits per heavy atom. The lowest BCUT2D eigenvalue weighted by Crippen LogP contribution is -2.47. The van der Waals surface area contributed by atoms with Gasteiger partial charge in [-0.1, -0.05) is 0 Å². The molecule has 0 radical (unpaired) electrons. The molecule has 3 nitrogen and oxygen atoms in total. The van der Waals surface area contributed by atoms with Gasteiger partial charge in [-0.3, -0.25) is 0 Å². The van der Waals surface area contributed by atoms with Gasteiger partial charge in [-0.15, -0.1) is 0 Å². The van der Waals surface area contributed by atoms with Crippen molar-refractivity contribution in [3.05, 3.63) is 28.8 Å². The molecule has 0 aromatic heterocycles. The number of aryl methyl sites for hydroxylation is 2. The smallest absolute Gasteiger partial charge is 0.122 e. The number of rotatable bonds is 4. The predicted molar refractivity (Wildman–Crippen MR) is 73.1 cm³/mol. The predicted octanol–water partition coefficient (Wildman–Crippen LogP) is 2.94. The summed E-state index contributed by atoms with van der Waals surface area (Å²) in [7, 11) is 3.26. The van der Waals surface area contributed by atoms with Gasteiger partial charge in [-0.25, -0.2) is 0 Å². The van der Waals surface area contributed by atoms with Gasteiger partial charge in [0.25, 0.3) is 0 Å². The minimum Gasteiger partial charge on any atom is -0.496 e. The summed E-state index contributed by atoms with van der Waals surface area (Å²) in [4.78, 5) is 0. The van der Waals surface area contributed by atoms with Crippen LogP contribution in [0.1, 0.15) is 37.5 Å². The number of hydrogen-bond acceptors (Lipinski definition) is 3. The Balaban J connectivity index is 3.38. The Hall–Kier alpha value is -1.06. The largest absolute Gasteiger partial charge is 0.496 e. The molecule has 0 spiro atoms. The number of benzene rings is 1. The summed E-state index contributed by atoms with van der Waals surface area (Å²) >= 11 is 0. The first-order chi connectivity index (χ1) is 8.17. The van der Waals surface area contributed by atoms with Crippen LogP contribution in [0.2, 0.25) is 0 Å². The summed E-state index contributed by atoms with van der Waals surface area (Å²) in [5.41, 5.74) is 1.13. The molecule has 0 amide bonds. The Morgan fingerprint density at radius 2 is 1.56 bits per heavy atom. The van der Waals surface area contributed by atoms with E-state index in [0.29, 0.717) is 0 Å². The Bertz CT molecular complexity index is 434. The minimum atomic E-state index is -1.07. The van der Waals surface area contributed by atoms with Crippen LogP contribution < -0.4 is 4.74 Å². The molecule has 0 fully saturated rings. The standard InChI is InChI=1S/C15H24O3/c1-10-9-13(17-6)11(2)8-12(10)15(5,16)14(3,4)18-7/h8-9,16H,1-7H3. The molecule has 0 heterocycles. The van der Waals surface area contributed by atoms with Gasteiger partial charge in [0.05, 0.1) is 12.7 Å². The molecule has 0 aliphatic heterocycles. The molecule has 0 saturated heterocycles. The first-order valence-electron chi connectivity index (χ1n) is 6.10. The van der Waals surface area contributed by atoms with Gasteiger partial charge in [0.1, 0.15) is 11.4 Å². The third-order valence-electron chi connectivity index (χ3n) is 3.95. The summed E-state index contributed by atoms with van der Waals surface area (Å²) in [5.74, 6) is 0.835. The van der Waals surface area contributed by atoms with Crippen molar-refractivity contribution in [2.45, 2.75) is 45.8 Å². The maximum atomic E-state index is 10.8.